The van der Waals surface area contributed by atoms with Gasteiger partial charge in [0.05, 0.1) is 5.60 Å². The summed E-state index contributed by atoms with van der Waals surface area (Å²) in [6.45, 7) is 22.8. The predicted octanol–water partition coefficient (Wildman–Crippen LogP) is 7.19. The van der Waals surface area contributed by atoms with Gasteiger partial charge in [0, 0.05) is 12.0 Å². The number of allylic oxidation sites excluding steroid dienone is 1. The molecule has 0 bridgehead atoms. The Bertz CT molecular complexity index is 554. The van der Waals surface area contributed by atoms with Gasteiger partial charge in [-0.25, -0.2) is 0 Å². The fourth-order valence-electron chi connectivity index (χ4n) is 5.43. The van der Waals surface area contributed by atoms with Crippen LogP contribution in [0, 0.1) is 29.1 Å². The van der Waals surface area contributed by atoms with Gasteiger partial charge in [0.1, 0.15) is 0 Å². The van der Waals surface area contributed by atoms with Crippen LogP contribution in [0.3, 0.4) is 0 Å². The van der Waals surface area contributed by atoms with Gasteiger partial charge >= 0.3 is 0 Å². The van der Waals surface area contributed by atoms with Crippen molar-refractivity contribution in [3.63, 3.8) is 0 Å². The van der Waals surface area contributed by atoms with Crippen LogP contribution in [0.1, 0.15) is 87.5 Å². The molecule has 0 aromatic carbocycles. The van der Waals surface area contributed by atoms with Crippen molar-refractivity contribution in [1.29, 1.82) is 0 Å². The summed E-state index contributed by atoms with van der Waals surface area (Å²) < 4.78 is 6.98. The normalized spacial score (nSPS) is 34.5. The van der Waals surface area contributed by atoms with E-state index >= 15 is 0 Å². The van der Waals surface area contributed by atoms with Gasteiger partial charge in [0.25, 0.3) is 0 Å². The summed E-state index contributed by atoms with van der Waals surface area (Å²) >= 11 is 0. The van der Waals surface area contributed by atoms with E-state index in [1.54, 1.807) is 0 Å². The summed E-state index contributed by atoms with van der Waals surface area (Å²) in [6.07, 6.45) is 11.6. The standard InChI is InChI=1S/C25H48O2Si/c1-18(13-14-19(2)24(6,7)26)20-15-16-21-22(12-11-17-25(20,21)8)27-28(9,10)23(3,4)5/h13-14,18-22,26H,11-12,15-17H2,1-10H3/b14-13+/t18-,19-,20-,21+,22+,25-/m1/s1. The third-order valence-corrected chi connectivity index (χ3v) is 13.3. The minimum atomic E-state index is -1.73. The second-order valence-corrected chi connectivity index (χ2v) is 17.0. The highest BCUT2D eigenvalue weighted by Crippen LogP contribution is 2.59. The first-order valence-corrected chi connectivity index (χ1v) is 14.6. The number of rotatable bonds is 6. The van der Waals surface area contributed by atoms with Crippen LogP contribution in [0.25, 0.3) is 0 Å². The maximum Gasteiger partial charge on any atom is 0.192 e. The number of hydrogen-bond acceptors (Lipinski definition) is 2. The molecule has 2 aliphatic carbocycles. The molecule has 0 radical (unpaired) electrons. The van der Waals surface area contributed by atoms with Gasteiger partial charge in [-0.3, -0.25) is 0 Å². The molecule has 2 aliphatic rings. The molecule has 3 heteroatoms. The summed E-state index contributed by atoms with van der Waals surface area (Å²) in [5, 5.41) is 10.5. The van der Waals surface area contributed by atoms with E-state index in [1.165, 1.54) is 32.1 Å². The molecular weight excluding hydrogens is 360 g/mol. The lowest BCUT2D eigenvalue weighted by molar-refractivity contribution is -0.0163. The van der Waals surface area contributed by atoms with Gasteiger partial charge in [-0.15, -0.1) is 0 Å². The molecule has 164 valence electrons. The van der Waals surface area contributed by atoms with Crippen LogP contribution >= 0.6 is 0 Å². The smallest absolute Gasteiger partial charge is 0.192 e. The first-order valence-electron chi connectivity index (χ1n) is 11.7. The summed E-state index contributed by atoms with van der Waals surface area (Å²) in [5.41, 5.74) is -0.252. The molecule has 2 nitrogen and oxygen atoms in total. The SMILES string of the molecule is C[C@H](/C=C/[C@@H](C)C(C)(C)O)[C@H]1CC[C@H]2[C@@H](O[Si](C)(C)C(C)(C)C)CCC[C@]12C. The molecule has 0 unspecified atom stereocenters. The maximum absolute atomic E-state index is 10.2. The Labute approximate surface area is 176 Å². The predicted molar refractivity (Wildman–Crippen MR) is 124 cm³/mol. The second kappa shape index (κ2) is 8.19. The zero-order valence-electron chi connectivity index (χ0n) is 20.4. The van der Waals surface area contributed by atoms with Gasteiger partial charge < -0.3 is 9.53 Å². The maximum atomic E-state index is 10.2. The van der Waals surface area contributed by atoms with E-state index in [0.29, 0.717) is 23.4 Å². The molecule has 0 saturated heterocycles. The van der Waals surface area contributed by atoms with Crippen molar-refractivity contribution in [3.8, 4) is 0 Å². The van der Waals surface area contributed by atoms with Crippen LogP contribution in [0.5, 0.6) is 0 Å². The molecule has 1 N–H and O–H groups in total. The molecule has 2 rings (SSSR count). The number of hydrogen-bond donors (Lipinski definition) is 1. The van der Waals surface area contributed by atoms with Crippen molar-refractivity contribution < 1.29 is 9.53 Å². The highest BCUT2D eigenvalue weighted by Gasteiger charge is 2.54. The van der Waals surface area contributed by atoms with Gasteiger partial charge in [0.2, 0.25) is 0 Å². The molecule has 6 atom stereocenters. The second-order valence-electron chi connectivity index (χ2n) is 12.3. The summed E-state index contributed by atoms with van der Waals surface area (Å²) in [4.78, 5) is 0. The van der Waals surface area contributed by atoms with E-state index in [0.717, 1.165) is 5.92 Å². The first-order chi connectivity index (χ1) is 12.6. The Morgan fingerprint density at radius 3 is 2.18 bits per heavy atom. The molecule has 0 heterocycles. The minimum absolute atomic E-state index is 0.181. The van der Waals surface area contributed by atoms with Crippen molar-refractivity contribution in [3.05, 3.63) is 12.2 Å². The quantitative estimate of drug-likeness (QED) is 0.372. The van der Waals surface area contributed by atoms with Gasteiger partial charge in [0.15, 0.2) is 8.32 Å². The first kappa shape index (κ1) is 24.1. The van der Waals surface area contributed by atoms with Crippen LogP contribution in [-0.4, -0.2) is 25.1 Å². The molecule has 0 spiro atoms. The van der Waals surface area contributed by atoms with Crippen LogP contribution in [0.15, 0.2) is 12.2 Å². The average molecular weight is 409 g/mol. The Balaban J connectivity index is 2.14. The largest absolute Gasteiger partial charge is 0.414 e. The molecule has 0 aromatic rings. The molecule has 0 aromatic heterocycles. The Morgan fingerprint density at radius 1 is 1.04 bits per heavy atom. The number of aliphatic hydroxyl groups is 1. The van der Waals surface area contributed by atoms with Crippen LogP contribution in [0.4, 0.5) is 0 Å². The van der Waals surface area contributed by atoms with Crippen LogP contribution < -0.4 is 0 Å². The molecule has 2 saturated carbocycles. The van der Waals surface area contributed by atoms with E-state index in [2.05, 4.69) is 66.8 Å². The molecule has 0 aliphatic heterocycles. The van der Waals surface area contributed by atoms with Gasteiger partial charge in [-0.2, -0.15) is 0 Å². The fraction of sp³-hybridized carbons (Fsp3) is 0.920. The van der Waals surface area contributed by atoms with Gasteiger partial charge in [-0.05, 0) is 80.8 Å². The summed E-state index contributed by atoms with van der Waals surface area (Å²) in [7, 11) is -1.73. The topological polar surface area (TPSA) is 29.5 Å². The van der Waals surface area contributed by atoms with Crippen molar-refractivity contribution in [2.24, 2.45) is 29.1 Å². The van der Waals surface area contributed by atoms with E-state index in [-0.39, 0.29) is 11.0 Å². The summed E-state index contributed by atoms with van der Waals surface area (Å²) in [5.74, 6) is 2.18. The molecule has 0 amide bonds. The monoisotopic (exact) mass is 408 g/mol. The molecular formula is C25H48O2Si. The van der Waals surface area contributed by atoms with Gasteiger partial charge in [-0.1, -0.05) is 60.1 Å². The van der Waals surface area contributed by atoms with E-state index < -0.39 is 13.9 Å². The summed E-state index contributed by atoms with van der Waals surface area (Å²) in [6, 6.07) is 0. The zero-order chi connectivity index (χ0) is 21.5. The highest BCUT2D eigenvalue weighted by molar-refractivity contribution is 6.74. The van der Waals surface area contributed by atoms with Crippen LogP contribution in [-0.2, 0) is 4.43 Å². The minimum Gasteiger partial charge on any atom is -0.414 e. The van der Waals surface area contributed by atoms with E-state index in [1.807, 2.05) is 13.8 Å². The lowest BCUT2D eigenvalue weighted by Crippen LogP contribution is -2.50. The lowest BCUT2D eigenvalue weighted by atomic mass is 9.62. The lowest BCUT2D eigenvalue weighted by Gasteiger charge is -2.49. The van der Waals surface area contributed by atoms with Crippen molar-refractivity contribution >= 4 is 8.32 Å². The van der Waals surface area contributed by atoms with Crippen molar-refractivity contribution in [2.45, 2.75) is 117 Å². The third kappa shape index (κ3) is 4.95. The number of fused-ring (bicyclic) bond motifs is 1. The van der Waals surface area contributed by atoms with Crippen LogP contribution in [0.2, 0.25) is 18.1 Å². The Kier molecular flexibility index (Phi) is 7.06. The fourth-order valence-corrected chi connectivity index (χ4v) is 6.82. The molecule has 28 heavy (non-hydrogen) atoms. The highest BCUT2D eigenvalue weighted by atomic mass is 28.4. The Morgan fingerprint density at radius 2 is 1.64 bits per heavy atom. The molecule has 2 fully saturated rings. The third-order valence-electron chi connectivity index (χ3n) is 8.84. The Hall–Kier alpha value is -0.123. The van der Waals surface area contributed by atoms with Crippen molar-refractivity contribution in [2.75, 3.05) is 0 Å². The zero-order valence-corrected chi connectivity index (χ0v) is 21.4. The average Bonchev–Trinajstić information content (AvgIpc) is 2.88. The van der Waals surface area contributed by atoms with Crippen molar-refractivity contribution in [1.82, 2.24) is 0 Å². The van der Waals surface area contributed by atoms with E-state index in [4.69, 9.17) is 4.43 Å². The van der Waals surface area contributed by atoms with E-state index in [9.17, 15) is 5.11 Å².